The second kappa shape index (κ2) is 35.3. The molecule has 8 rings (SSSR count). The van der Waals surface area contributed by atoms with E-state index in [1.54, 1.807) is 136 Å². The highest BCUT2D eigenvalue weighted by atomic mass is 19.1. The van der Waals surface area contributed by atoms with Crippen LogP contribution < -0.4 is 28.4 Å². The van der Waals surface area contributed by atoms with Crippen LogP contribution in [0.5, 0.6) is 46.0 Å². The molecule has 0 amide bonds. The first-order valence-electron chi connectivity index (χ1n) is 25.1. The van der Waals surface area contributed by atoms with Crippen LogP contribution in [0.2, 0.25) is 0 Å². The Hall–Kier alpha value is -14.0. The zero-order chi connectivity index (χ0) is 67.8. The molecule has 0 aromatic heterocycles. The molecule has 0 unspecified atom stereocenters. The minimum absolute atomic E-state index is 0.00926. The normalized spacial score (nSPS) is 9.19. The van der Waals surface area contributed by atoms with Gasteiger partial charge in [-0.3, -0.25) is 0 Å². The van der Waals surface area contributed by atoms with E-state index < -0.39 is 40.5 Å². The van der Waals surface area contributed by atoms with Crippen LogP contribution in [0.4, 0.5) is 26.3 Å². The summed E-state index contributed by atoms with van der Waals surface area (Å²) in [5, 5.41) is 104. The van der Waals surface area contributed by atoms with E-state index in [4.69, 9.17) is 86.8 Å². The lowest BCUT2D eigenvalue weighted by molar-refractivity contribution is 0.124. The molecular weight excluding hydrogens is 1180 g/mol. The third kappa shape index (κ3) is 20.4. The maximum Gasteiger partial charge on any atom is 0.183 e. The standard InChI is InChI=1S/2C14H7FN2O.C12H11FN2O.3C9H5FN2O/c15-14-11(9-17)6-10(8-16)7-13(14)18-12-4-2-1-3-5-12;15-13-7-6-10(8-16)14(12(13)9-17)18-11-4-2-1-3-5-11;1-12(2,3)16-10-5-8(6-14)4-9(7-15)11(10)13;1-13-9-3-8(10)6(4-11)2-7(9)5-12;1-13-8-3-6(4-11)2-7(5-12)9(8)10;1-13-9-6(4-11)2-3-8(10)7(9)5-12/h2*1-7H;4-5H,1-3H3;3*2-3H,1H3. The number of halogens is 6. The molecular formula is C67H40F6N12O6. The summed E-state index contributed by atoms with van der Waals surface area (Å²) in [6.07, 6.45) is 0. The Labute approximate surface area is 517 Å². The third-order valence-corrected chi connectivity index (χ3v) is 10.8. The van der Waals surface area contributed by atoms with E-state index in [1.807, 2.05) is 18.2 Å². The van der Waals surface area contributed by atoms with E-state index >= 15 is 0 Å². The molecule has 0 aliphatic rings. The molecule has 8 aromatic carbocycles. The van der Waals surface area contributed by atoms with Gasteiger partial charge in [0.15, 0.2) is 46.2 Å². The predicted octanol–water partition coefficient (Wildman–Crippen LogP) is 14.2. The molecule has 0 N–H and O–H groups in total. The summed E-state index contributed by atoms with van der Waals surface area (Å²) in [6.45, 7) is 5.28. The maximum absolute atomic E-state index is 13.8. The van der Waals surface area contributed by atoms with Crippen LogP contribution in [0, 0.1) is 171 Å². The lowest BCUT2D eigenvalue weighted by Gasteiger charge is -2.21. The Kier molecular flexibility index (Phi) is 27.7. The second-order valence-corrected chi connectivity index (χ2v) is 17.9. The van der Waals surface area contributed by atoms with E-state index in [1.165, 1.54) is 69.9 Å². The number of rotatable bonds is 8. The minimum Gasteiger partial charge on any atom is -0.495 e. The highest BCUT2D eigenvalue weighted by Gasteiger charge is 2.20. The van der Waals surface area contributed by atoms with E-state index in [2.05, 4.69) is 4.74 Å². The van der Waals surface area contributed by atoms with Crippen molar-refractivity contribution in [1.29, 1.82) is 63.1 Å². The Balaban J connectivity index is 0.000000287. The molecule has 0 atom stereocenters. The number of nitriles is 12. The summed E-state index contributed by atoms with van der Waals surface area (Å²) >= 11 is 0. The first kappa shape index (κ1) is 71.3. The van der Waals surface area contributed by atoms with Crippen molar-refractivity contribution in [1.82, 2.24) is 0 Å². The molecule has 0 spiro atoms. The van der Waals surface area contributed by atoms with Crippen molar-refractivity contribution >= 4 is 0 Å². The maximum atomic E-state index is 13.8. The molecule has 0 fully saturated rings. The number of hydrogen-bond donors (Lipinski definition) is 0. The molecule has 446 valence electrons. The average molecular weight is 1220 g/mol. The van der Waals surface area contributed by atoms with Crippen molar-refractivity contribution in [3.8, 4) is 119 Å². The smallest absolute Gasteiger partial charge is 0.183 e. The Morgan fingerprint density at radius 1 is 0.308 bits per heavy atom. The van der Waals surface area contributed by atoms with Crippen molar-refractivity contribution < 1.29 is 54.8 Å². The van der Waals surface area contributed by atoms with Gasteiger partial charge in [-0.25, -0.2) is 26.3 Å². The van der Waals surface area contributed by atoms with Crippen molar-refractivity contribution in [3.63, 3.8) is 0 Å². The van der Waals surface area contributed by atoms with Crippen LogP contribution in [0.1, 0.15) is 87.5 Å². The summed E-state index contributed by atoms with van der Waals surface area (Å²) in [6, 6.07) is 52.5. The summed E-state index contributed by atoms with van der Waals surface area (Å²) in [4.78, 5) is 0. The van der Waals surface area contributed by atoms with Gasteiger partial charge in [-0.2, -0.15) is 63.1 Å². The fourth-order valence-electron chi connectivity index (χ4n) is 6.80. The summed E-state index contributed by atoms with van der Waals surface area (Å²) in [5.41, 5.74) is -0.795. The lowest BCUT2D eigenvalue weighted by Crippen LogP contribution is -2.23. The zero-order valence-corrected chi connectivity index (χ0v) is 48.3. The van der Waals surface area contributed by atoms with Gasteiger partial charge >= 0.3 is 0 Å². The van der Waals surface area contributed by atoms with E-state index in [9.17, 15) is 26.3 Å². The monoisotopic (exact) mass is 1220 g/mol. The van der Waals surface area contributed by atoms with Gasteiger partial charge in [0.05, 0.1) is 95.2 Å². The number of benzene rings is 8. The summed E-state index contributed by atoms with van der Waals surface area (Å²) in [7, 11) is 3.90. The average Bonchev–Trinajstić information content (AvgIpc) is 1.54. The number of methoxy groups -OCH3 is 3. The van der Waals surface area contributed by atoms with Crippen LogP contribution in [0.3, 0.4) is 0 Å². The van der Waals surface area contributed by atoms with Crippen LogP contribution >= 0.6 is 0 Å². The van der Waals surface area contributed by atoms with Crippen LogP contribution in [-0.2, 0) is 0 Å². The van der Waals surface area contributed by atoms with Gasteiger partial charge in [-0.1, -0.05) is 36.4 Å². The minimum atomic E-state index is -0.764. The van der Waals surface area contributed by atoms with Gasteiger partial charge in [0.2, 0.25) is 0 Å². The van der Waals surface area contributed by atoms with Gasteiger partial charge in [0.1, 0.15) is 106 Å². The quantitative estimate of drug-likeness (QED) is 0.128. The topological polar surface area (TPSA) is 341 Å². The molecule has 18 nitrogen and oxygen atoms in total. The molecule has 0 heterocycles. The molecule has 0 aliphatic carbocycles. The summed E-state index contributed by atoms with van der Waals surface area (Å²) < 4.78 is 110. The largest absolute Gasteiger partial charge is 0.495 e. The van der Waals surface area contributed by atoms with Crippen molar-refractivity contribution in [3.05, 3.63) is 235 Å². The van der Waals surface area contributed by atoms with Crippen molar-refractivity contribution in [2.75, 3.05) is 21.3 Å². The lowest BCUT2D eigenvalue weighted by atomic mass is 10.1. The van der Waals surface area contributed by atoms with Crippen molar-refractivity contribution in [2.45, 2.75) is 26.4 Å². The fourth-order valence-corrected chi connectivity index (χ4v) is 6.80. The summed E-state index contributed by atoms with van der Waals surface area (Å²) in [5.74, 6) is -3.61. The predicted molar refractivity (Wildman–Crippen MR) is 308 cm³/mol. The number of ether oxygens (including phenoxy) is 6. The second-order valence-electron chi connectivity index (χ2n) is 17.9. The highest BCUT2D eigenvalue weighted by molar-refractivity contribution is 5.57. The Bertz CT molecular complexity index is 4510. The van der Waals surface area contributed by atoms with E-state index in [-0.39, 0.29) is 101 Å². The Morgan fingerprint density at radius 3 is 1.07 bits per heavy atom. The number of para-hydroxylation sites is 2. The van der Waals surface area contributed by atoms with Gasteiger partial charge in [-0.05, 0) is 93.6 Å². The molecule has 0 bridgehead atoms. The van der Waals surface area contributed by atoms with Crippen LogP contribution in [0.25, 0.3) is 0 Å². The number of hydrogen-bond acceptors (Lipinski definition) is 18. The van der Waals surface area contributed by atoms with Gasteiger partial charge < -0.3 is 28.4 Å². The Morgan fingerprint density at radius 2 is 0.681 bits per heavy atom. The van der Waals surface area contributed by atoms with Gasteiger partial charge in [0.25, 0.3) is 0 Å². The first-order valence-corrected chi connectivity index (χ1v) is 25.1. The van der Waals surface area contributed by atoms with Crippen LogP contribution in [0.15, 0.2) is 133 Å². The molecule has 0 saturated carbocycles. The molecule has 91 heavy (non-hydrogen) atoms. The van der Waals surface area contributed by atoms with Crippen LogP contribution in [-0.4, -0.2) is 26.9 Å². The number of nitrogens with zero attached hydrogens (tertiary/aromatic N) is 12. The van der Waals surface area contributed by atoms with E-state index in [0.29, 0.717) is 11.5 Å². The molecule has 0 saturated heterocycles. The van der Waals surface area contributed by atoms with Gasteiger partial charge in [-0.15, -0.1) is 0 Å². The third-order valence-electron chi connectivity index (χ3n) is 10.8. The molecule has 8 aromatic rings. The SMILES string of the molecule is CC(C)(C)Oc1cc(C#N)cc(C#N)c1F.COc1c(C#N)ccc(F)c1C#N.COc1cc(C#N)cc(C#N)c1F.COc1cc(F)c(C#N)cc1C#N.N#Cc1cc(C#N)c(F)c(Oc2ccccc2)c1.N#Cc1ccc(F)c(C#N)c1Oc1ccccc1. The van der Waals surface area contributed by atoms with Crippen molar-refractivity contribution in [2.24, 2.45) is 0 Å². The van der Waals surface area contributed by atoms with Gasteiger partial charge in [0, 0.05) is 24.3 Å². The fraction of sp³-hybridized carbons (Fsp3) is 0.104. The zero-order valence-electron chi connectivity index (χ0n) is 48.3. The molecule has 24 heteroatoms. The molecule has 0 radical (unpaired) electrons. The highest BCUT2D eigenvalue weighted by Crippen LogP contribution is 2.32. The molecule has 0 aliphatic heterocycles. The van der Waals surface area contributed by atoms with E-state index in [0.717, 1.165) is 24.3 Å². The first-order chi connectivity index (χ1) is 43.6.